The third-order valence-electron chi connectivity index (χ3n) is 4.13. The van der Waals surface area contributed by atoms with Crippen LogP contribution in [0.4, 0.5) is 0 Å². The summed E-state index contributed by atoms with van der Waals surface area (Å²) in [7, 11) is 0. The summed E-state index contributed by atoms with van der Waals surface area (Å²) in [6.45, 7) is 7.40. The number of nitrogens with two attached hydrogens (primary N) is 1. The highest BCUT2D eigenvalue weighted by molar-refractivity contribution is 5.16. The van der Waals surface area contributed by atoms with Gasteiger partial charge in [0.05, 0.1) is 18.3 Å². The maximum Gasteiger partial charge on any atom is 0.0821 e. The first kappa shape index (κ1) is 15.8. The van der Waals surface area contributed by atoms with Gasteiger partial charge >= 0.3 is 0 Å². The van der Waals surface area contributed by atoms with Crippen LogP contribution in [0.25, 0.3) is 0 Å². The van der Waals surface area contributed by atoms with Crippen LogP contribution in [-0.2, 0) is 6.54 Å². The molecule has 1 unspecified atom stereocenters. The number of aromatic nitrogens is 3. The Morgan fingerprint density at radius 1 is 1.14 bits per heavy atom. The zero-order valence-corrected chi connectivity index (χ0v) is 13.5. The molecule has 2 aromatic rings. The minimum atomic E-state index is 0.151. The third-order valence-corrected chi connectivity index (χ3v) is 4.13. The smallest absolute Gasteiger partial charge is 0.0821 e. The second-order valence-corrected chi connectivity index (χ2v) is 5.77. The molecule has 4 nitrogen and oxygen atoms in total. The Kier molecular flexibility index (Phi) is 5.62. The summed E-state index contributed by atoms with van der Waals surface area (Å²) in [5.74, 6) is 0. The van der Waals surface area contributed by atoms with Crippen molar-refractivity contribution in [3.63, 3.8) is 0 Å². The Bertz CT molecular complexity index is 536. The van der Waals surface area contributed by atoms with Crippen LogP contribution in [0.3, 0.4) is 0 Å². The van der Waals surface area contributed by atoms with E-state index < -0.39 is 0 Å². The van der Waals surface area contributed by atoms with Crippen LogP contribution in [-0.4, -0.2) is 14.3 Å². The van der Waals surface area contributed by atoms with E-state index in [0.29, 0.717) is 6.04 Å². The van der Waals surface area contributed by atoms with Gasteiger partial charge < -0.3 is 10.3 Å². The molecule has 0 aliphatic heterocycles. The molecule has 0 aliphatic carbocycles. The van der Waals surface area contributed by atoms with Crippen LogP contribution >= 0.6 is 0 Å². The summed E-state index contributed by atoms with van der Waals surface area (Å²) in [6.07, 6.45) is 10.7. The molecule has 0 spiro atoms. The molecule has 1 atom stereocenters. The maximum absolute atomic E-state index is 6.16. The van der Waals surface area contributed by atoms with E-state index in [2.05, 4.69) is 60.7 Å². The van der Waals surface area contributed by atoms with E-state index in [4.69, 9.17) is 10.8 Å². The average Bonchev–Trinajstić information content (AvgIpc) is 3.11. The van der Waals surface area contributed by atoms with Crippen molar-refractivity contribution in [3.05, 3.63) is 42.0 Å². The molecule has 0 aromatic carbocycles. The lowest BCUT2D eigenvalue weighted by Crippen LogP contribution is -2.09. The lowest BCUT2D eigenvalue weighted by Gasteiger charge is -2.12. The van der Waals surface area contributed by atoms with E-state index >= 15 is 0 Å². The van der Waals surface area contributed by atoms with Gasteiger partial charge in [-0.15, -0.1) is 0 Å². The molecular weight excluding hydrogens is 260 g/mol. The molecule has 0 radical (unpaired) electrons. The maximum atomic E-state index is 6.16. The molecule has 2 aromatic heterocycles. The van der Waals surface area contributed by atoms with E-state index in [1.165, 1.54) is 5.56 Å². The lowest BCUT2D eigenvalue weighted by molar-refractivity contribution is 0.424. The second kappa shape index (κ2) is 7.46. The minimum Gasteiger partial charge on any atom is -0.348 e. The van der Waals surface area contributed by atoms with Gasteiger partial charge in [0.25, 0.3) is 0 Å². The summed E-state index contributed by atoms with van der Waals surface area (Å²) in [5, 5.41) is 4.70. The van der Waals surface area contributed by atoms with Gasteiger partial charge in [0.1, 0.15) is 0 Å². The number of rotatable bonds is 8. The van der Waals surface area contributed by atoms with Gasteiger partial charge in [0.15, 0.2) is 0 Å². The Morgan fingerprint density at radius 2 is 1.90 bits per heavy atom. The molecule has 2 rings (SSSR count). The van der Waals surface area contributed by atoms with E-state index in [9.17, 15) is 0 Å². The van der Waals surface area contributed by atoms with Crippen LogP contribution < -0.4 is 5.73 Å². The van der Waals surface area contributed by atoms with Gasteiger partial charge in [-0.3, -0.25) is 4.68 Å². The van der Waals surface area contributed by atoms with Crippen molar-refractivity contribution in [1.29, 1.82) is 0 Å². The molecule has 0 bridgehead atoms. The Morgan fingerprint density at radius 3 is 2.57 bits per heavy atom. The fraction of sp³-hybridized carbons (Fsp3) is 0.588. The Labute approximate surface area is 128 Å². The molecule has 0 fully saturated rings. The van der Waals surface area contributed by atoms with Gasteiger partial charge in [-0.2, -0.15) is 5.10 Å². The zero-order chi connectivity index (χ0) is 15.2. The van der Waals surface area contributed by atoms with Crippen molar-refractivity contribution in [1.82, 2.24) is 14.3 Å². The molecule has 0 amide bonds. The van der Waals surface area contributed by atoms with Crippen LogP contribution in [0.2, 0.25) is 0 Å². The van der Waals surface area contributed by atoms with E-state index in [1.54, 1.807) is 0 Å². The van der Waals surface area contributed by atoms with Crippen molar-refractivity contribution in [2.45, 2.75) is 65.1 Å². The molecule has 0 saturated heterocycles. The summed E-state index contributed by atoms with van der Waals surface area (Å²) >= 11 is 0. The Balaban J connectivity index is 2.02. The molecule has 2 heterocycles. The van der Waals surface area contributed by atoms with Crippen LogP contribution in [0, 0.1) is 0 Å². The second-order valence-electron chi connectivity index (χ2n) is 5.77. The first-order valence-corrected chi connectivity index (χ1v) is 8.13. The molecule has 0 saturated carbocycles. The molecule has 4 heteroatoms. The van der Waals surface area contributed by atoms with Crippen LogP contribution in [0.5, 0.6) is 0 Å². The predicted molar refractivity (Wildman–Crippen MR) is 87.2 cm³/mol. The summed E-state index contributed by atoms with van der Waals surface area (Å²) in [6, 6.07) is 4.90. The van der Waals surface area contributed by atoms with Crippen LogP contribution in [0.1, 0.15) is 69.8 Å². The van der Waals surface area contributed by atoms with Crippen molar-refractivity contribution in [2.75, 3.05) is 0 Å². The van der Waals surface area contributed by atoms with Gasteiger partial charge in [-0.25, -0.2) is 0 Å². The summed E-state index contributed by atoms with van der Waals surface area (Å²) in [4.78, 5) is 0. The topological polar surface area (TPSA) is 48.8 Å². The van der Waals surface area contributed by atoms with E-state index in [0.717, 1.165) is 37.9 Å². The Hall–Kier alpha value is -1.55. The lowest BCUT2D eigenvalue weighted by atomic mass is 10.1. The number of hydrogen-bond acceptors (Lipinski definition) is 2. The van der Waals surface area contributed by atoms with Crippen molar-refractivity contribution in [3.8, 4) is 0 Å². The molecule has 21 heavy (non-hydrogen) atoms. The molecule has 116 valence electrons. The van der Waals surface area contributed by atoms with Gasteiger partial charge in [0.2, 0.25) is 0 Å². The summed E-state index contributed by atoms with van der Waals surface area (Å²) in [5.41, 5.74) is 8.48. The first-order chi connectivity index (χ1) is 10.2. The molecular formula is C17H28N4. The third kappa shape index (κ3) is 3.97. The van der Waals surface area contributed by atoms with Gasteiger partial charge in [0, 0.05) is 24.6 Å². The SMILES string of the molecule is CCCC(N)c1ccn(Cc2ccn(C(CC)CC)n2)c1. The van der Waals surface area contributed by atoms with Crippen molar-refractivity contribution in [2.24, 2.45) is 5.73 Å². The van der Waals surface area contributed by atoms with Gasteiger partial charge in [-0.1, -0.05) is 27.2 Å². The normalized spacial score (nSPS) is 13.0. The number of nitrogens with zero attached hydrogens (tertiary/aromatic N) is 3. The van der Waals surface area contributed by atoms with Crippen molar-refractivity contribution < 1.29 is 0 Å². The predicted octanol–water partition coefficient (Wildman–Crippen LogP) is 3.89. The monoisotopic (exact) mass is 288 g/mol. The number of hydrogen-bond donors (Lipinski definition) is 1. The minimum absolute atomic E-state index is 0.151. The van der Waals surface area contributed by atoms with E-state index in [1.807, 2.05) is 0 Å². The zero-order valence-electron chi connectivity index (χ0n) is 13.5. The van der Waals surface area contributed by atoms with Crippen LogP contribution in [0.15, 0.2) is 30.7 Å². The molecule has 2 N–H and O–H groups in total. The fourth-order valence-electron chi connectivity index (χ4n) is 2.77. The standard InChI is InChI=1S/C17H28N4/c1-4-7-17(18)14-8-10-20(12-14)13-15-9-11-21(19-15)16(5-2)6-3/h8-12,16-17H,4-7,13,18H2,1-3H3. The summed E-state index contributed by atoms with van der Waals surface area (Å²) < 4.78 is 4.27. The quantitative estimate of drug-likeness (QED) is 0.801. The van der Waals surface area contributed by atoms with Crippen molar-refractivity contribution >= 4 is 0 Å². The highest BCUT2D eigenvalue weighted by atomic mass is 15.3. The highest BCUT2D eigenvalue weighted by Crippen LogP contribution is 2.18. The molecule has 0 aliphatic rings. The van der Waals surface area contributed by atoms with E-state index in [-0.39, 0.29) is 6.04 Å². The largest absolute Gasteiger partial charge is 0.348 e. The average molecular weight is 288 g/mol. The fourth-order valence-corrected chi connectivity index (χ4v) is 2.77. The first-order valence-electron chi connectivity index (χ1n) is 8.13. The van der Waals surface area contributed by atoms with Gasteiger partial charge in [-0.05, 0) is 37.0 Å². The highest BCUT2D eigenvalue weighted by Gasteiger charge is 2.10.